The first-order valence-corrected chi connectivity index (χ1v) is 3.99. The number of hydrogen-bond acceptors (Lipinski definition) is 3. The van der Waals surface area contributed by atoms with Crippen LogP contribution in [0.3, 0.4) is 0 Å². The highest BCUT2D eigenvalue weighted by atomic mass is 35.5. The third kappa shape index (κ3) is 1.98. The van der Waals surface area contributed by atoms with Crippen LogP contribution in [0.4, 0.5) is 8.78 Å². The van der Waals surface area contributed by atoms with Crippen molar-refractivity contribution in [3.05, 3.63) is 23.0 Å². The maximum absolute atomic E-state index is 12.3. The van der Waals surface area contributed by atoms with Crippen LogP contribution in [0.5, 0.6) is 5.75 Å². The van der Waals surface area contributed by atoms with Gasteiger partial charge in [-0.3, -0.25) is 4.79 Å². The van der Waals surface area contributed by atoms with Crippen molar-refractivity contribution in [2.24, 2.45) is 0 Å². The minimum atomic E-state index is -2.74. The molecule has 1 aromatic heterocycles. The van der Waals surface area contributed by atoms with Crippen LogP contribution in [0.15, 0.2) is 6.07 Å². The van der Waals surface area contributed by atoms with E-state index in [9.17, 15) is 13.6 Å². The van der Waals surface area contributed by atoms with Crippen LogP contribution in [0.1, 0.15) is 28.2 Å². The molecule has 0 spiro atoms. The normalized spacial score (nSPS) is 10.6. The summed E-state index contributed by atoms with van der Waals surface area (Å²) in [6, 6.07) is 0.794. The van der Waals surface area contributed by atoms with Gasteiger partial charge in [0.05, 0.1) is 0 Å². The average Bonchev–Trinajstić information content (AvgIpc) is 2.07. The Labute approximate surface area is 83.3 Å². The Hall–Kier alpha value is -1.23. The Kier molecular flexibility index (Phi) is 3.00. The van der Waals surface area contributed by atoms with Gasteiger partial charge in [-0.05, 0) is 24.6 Å². The smallest absolute Gasteiger partial charge is 0.274 e. The highest BCUT2D eigenvalue weighted by Crippen LogP contribution is 2.27. The molecule has 3 nitrogen and oxygen atoms in total. The van der Waals surface area contributed by atoms with Crippen LogP contribution >= 0.6 is 11.6 Å². The summed E-state index contributed by atoms with van der Waals surface area (Å²) in [5, 5.41) is 8.15. The van der Waals surface area contributed by atoms with Gasteiger partial charge in [0.15, 0.2) is 5.69 Å². The van der Waals surface area contributed by atoms with E-state index < -0.39 is 28.7 Å². The van der Waals surface area contributed by atoms with Crippen molar-refractivity contribution in [2.75, 3.05) is 0 Å². The minimum Gasteiger partial charge on any atom is -0.505 e. The zero-order valence-corrected chi connectivity index (χ0v) is 7.85. The highest BCUT2D eigenvalue weighted by Gasteiger charge is 2.18. The van der Waals surface area contributed by atoms with Crippen LogP contribution in [-0.2, 0) is 0 Å². The van der Waals surface area contributed by atoms with Crippen molar-refractivity contribution in [3.8, 4) is 5.75 Å². The second-order valence-corrected chi connectivity index (χ2v) is 2.95. The molecule has 0 saturated carbocycles. The first-order chi connectivity index (χ1) is 6.43. The van der Waals surface area contributed by atoms with E-state index in [0.717, 1.165) is 6.07 Å². The van der Waals surface area contributed by atoms with Gasteiger partial charge >= 0.3 is 0 Å². The molecule has 1 rings (SSSR count). The van der Waals surface area contributed by atoms with E-state index in [-0.39, 0.29) is 5.69 Å². The summed E-state index contributed by atoms with van der Waals surface area (Å²) in [6.07, 6.45) is -2.74. The quantitative estimate of drug-likeness (QED) is 0.781. The summed E-state index contributed by atoms with van der Waals surface area (Å²) in [4.78, 5) is 14.1. The molecule has 0 atom stereocenters. The summed E-state index contributed by atoms with van der Waals surface area (Å²) in [7, 11) is 0. The molecule has 76 valence electrons. The van der Waals surface area contributed by atoms with Crippen LogP contribution in [0.25, 0.3) is 0 Å². The van der Waals surface area contributed by atoms with Gasteiger partial charge in [0.2, 0.25) is 0 Å². The fourth-order valence-electron chi connectivity index (χ4n) is 0.975. The number of halogens is 3. The second kappa shape index (κ2) is 3.88. The molecule has 0 aliphatic heterocycles. The molecule has 0 aliphatic rings. The van der Waals surface area contributed by atoms with Crippen LogP contribution in [0.2, 0.25) is 0 Å². The number of nitrogens with zero attached hydrogens (tertiary/aromatic N) is 1. The molecule has 0 radical (unpaired) electrons. The van der Waals surface area contributed by atoms with Gasteiger partial charge in [-0.25, -0.2) is 13.8 Å². The zero-order valence-electron chi connectivity index (χ0n) is 7.09. The molecule has 0 amide bonds. The molecular formula is C8H6ClF2NO2. The molecule has 0 aliphatic carbocycles. The summed E-state index contributed by atoms with van der Waals surface area (Å²) in [6.45, 7) is 1.31. The van der Waals surface area contributed by atoms with Crippen molar-refractivity contribution in [1.82, 2.24) is 4.98 Å². The van der Waals surface area contributed by atoms with Crippen molar-refractivity contribution >= 4 is 16.8 Å². The standard InChI is InChI=1S/C8H6ClF2NO2/c1-3-4(8(10)11)2-5(13)6(12-3)7(9)14/h2,8,13H,1H3. The van der Waals surface area contributed by atoms with E-state index in [1.54, 1.807) is 0 Å². The number of alkyl halides is 2. The number of aromatic nitrogens is 1. The summed E-state index contributed by atoms with van der Waals surface area (Å²) in [5.74, 6) is -0.633. The van der Waals surface area contributed by atoms with Gasteiger partial charge in [-0.1, -0.05) is 0 Å². The summed E-state index contributed by atoms with van der Waals surface area (Å²) in [5.41, 5.74) is -0.848. The molecular weight excluding hydrogens is 216 g/mol. The van der Waals surface area contributed by atoms with E-state index in [0.29, 0.717) is 0 Å². The van der Waals surface area contributed by atoms with Gasteiger partial charge in [-0.15, -0.1) is 0 Å². The maximum Gasteiger partial charge on any atom is 0.274 e. The molecule has 0 aromatic carbocycles. The zero-order chi connectivity index (χ0) is 10.9. The molecule has 0 saturated heterocycles. The molecule has 14 heavy (non-hydrogen) atoms. The fraction of sp³-hybridized carbons (Fsp3) is 0.250. The van der Waals surface area contributed by atoms with Crippen LogP contribution in [-0.4, -0.2) is 15.3 Å². The van der Waals surface area contributed by atoms with Crippen LogP contribution in [0, 0.1) is 6.92 Å². The van der Waals surface area contributed by atoms with E-state index >= 15 is 0 Å². The lowest BCUT2D eigenvalue weighted by molar-refractivity contribution is 0.107. The van der Waals surface area contributed by atoms with E-state index in [1.165, 1.54) is 6.92 Å². The van der Waals surface area contributed by atoms with Gasteiger partial charge in [0.25, 0.3) is 11.7 Å². The van der Waals surface area contributed by atoms with E-state index in [2.05, 4.69) is 4.98 Å². The van der Waals surface area contributed by atoms with Gasteiger partial charge in [0, 0.05) is 11.3 Å². The van der Waals surface area contributed by atoms with Crippen molar-refractivity contribution in [2.45, 2.75) is 13.3 Å². The Bertz CT molecular complexity index is 382. The van der Waals surface area contributed by atoms with Gasteiger partial charge in [-0.2, -0.15) is 0 Å². The molecule has 1 N–H and O–H groups in total. The predicted molar refractivity (Wildman–Crippen MR) is 45.8 cm³/mol. The SMILES string of the molecule is Cc1nc(C(=O)Cl)c(O)cc1C(F)F. The molecule has 6 heteroatoms. The lowest BCUT2D eigenvalue weighted by atomic mass is 10.2. The molecule has 0 bridgehead atoms. The number of hydrogen-bond donors (Lipinski definition) is 1. The van der Waals surface area contributed by atoms with Crippen molar-refractivity contribution in [3.63, 3.8) is 0 Å². The average molecular weight is 222 g/mol. The van der Waals surface area contributed by atoms with E-state index in [4.69, 9.17) is 16.7 Å². The number of aryl methyl sites for hydroxylation is 1. The maximum atomic E-state index is 12.3. The molecule has 0 unspecified atom stereocenters. The Morgan fingerprint density at radius 3 is 2.64 bits per heavy atom. The third-order valence-electron chi connectivity index (χ3n) is 1.65. The molecule has 0 fully saturated rings. The number of aromatic hydroxyl groups is 1. The number of pyridine rings is 1. The molecule has 1 heterocycles. The second-order valence-electron chi connectivity index (χ2n) is 2.61. The fourth-order valence-corrected chi connectivity index (χ4v) is 1.11. The first kappa shape index (κ1) is 10.8. The number of rotatable bonds is 2. The Balaban J connectivity index is 3.31. The largest absolute Gasteiger partial charge is 0.505 e. The molecule has 1 aromatic rings. The van der Waals surface area contributed by atoms with Crippen molar-refractivity contribution < 1.29 is 18.7 Å². The van der Waals surface area contributed by atoms with Gasteiger partial charge in [0.1, 0.15) is 5.75 Å². The summed E-state index contributed by atoms with van der Waals surface area (Å²) < 4.78 is 24.5. The summed E-state index contributed by atoms with van der Waals surface area (Å²) >= 11 is 5.06. The lowest BCUT2D eigenvalue weighted by Crippen LogP contribution is -2.01. The predicted octanol–water partition coefficient (Wildman–Crippen LogP) is 2.41. The first-order valence-electron chi connectivity index (χ1n) is 3.62. The Morgan fingerprint density at radius 2 is 2.21 bits per heavy atom. The number of carbonyl (C=O) groups excluding carboxylic acids is 1. The number of carbonyl (C=O) groups is 1. The topological polar surface area (TPSA) is 50.2 Å². The van der Waals surface area contributed by atoms with Crippen LogP contribution < -0.4 is 0 Å². The monoisotopic (exact) mass is 221 g/mol. The lowest BCUT2D eigenvalue weighted by Gasteiger charge is -2.06. The van der Waals surface area contributed by atoms with E-state index in [1.807, 2.05) is 0 Å². The Morgan fingerprint density at radius 1 is 1.64 bits per heavy atom. The third-order valence-corrected chi connectivity index (χ3v) is 1.83. The van der Waals surface area contributed by atoms with Crippen molar-refractivity contribution in [1.29, 1.82) is 0 Å². The van der Waals surface area contributed by atoms with Gasteiger partial charge < -0.3 is 5.11 Å². The minimum absolute atomic E-state index is 0.0261. The highest BCUT2D eigenvalue weighted by molar-refractivity contribution is 6.67.